The number of carbonyl (C=O) groups is 2. The van der Waals surface area contributed by atoms with E-state index in [0.29, 0.717) is 16.8 Å². The number of esters is 1. The first-order chi connectivity index (χ1) is 12.6. The first-order valence-corrected chi connectivity index (χ1v) is 8.45. The van der Waals surface area contributed by atoms with Gasteiger partial charge in [0.05, 0.1) is 35.8 Å². The molecule has 1 saturated heterocycles. The molecule has 0 radical (unpaired) electrons. The molecule has 1 N–H and O–H groups in total. The Hall–Kier alpha value is -2.93. The van der Waals surface area contributed by atoms with Crippen LogP contribution in [-0.2, 0) is 4.74 Å². The zero-order chi connectivity index (χ0) is 18.5. The lowest BCUT2D eigenvalue weighted by Gasteiger charge is -2.33. The summed E-state index contributed by atoms with van der Waals surface area (Å²) in [5.41, 5.74) is 2.09. The van der Waals surface area contributed by atoms with Gasteiger partial charge in [-0.15, -0.1) is 0 Å². The van der Waals surface area contributed by atoms with Gasteiger partial charge < -0.3 is 19.9 Å². The van der Waals surface area contributed by atoms with Crippen LogP contribution in [0.15, 0.2) is 42.7 Å². The molecule has 3 rings (SSSR count). The standard InChI is InChI=1S/C19H22N4O3/c1-22-7-9-23(10-8-22)15-11-14(12-20-13-15)18(24)21-17-6-4-3-5-16(17)19(25)26-2/h3-6,11-13H,7-10H2,1-2H3,(H,21,24). The molecule has 1 fully saturated rings. The summed E-state index contributed by atoms with van der Waals surface area (Å²) >= 11 is 0. The van der Waals surface area contributed by atoms with Crippen LogP contribution in [0.5, 0.6) is 0 Å². The van der Waals surface area contributed by atoms with E-state index in [1.54, 1.807) is 30.5 Å². The minimum atomic E-state index is -0.495. The van der Waals surface area contributed by atoms with E-state index in [1.165, 1.54) is 13.3 Å². The summed E-state index contributed by atoms with van der Waals surface area (Å²) in [7, 11) is 3.41. The van der Waals surface area contributed by atoms with Gasteiger partial charge in [-0.2, -0.15) is 0 Å². The fourth-order valence-electron chi connectivity index (χ4n) is 2.86. The number of hydrogen-bond donors (Lipinski definition) is 1. The Labute approximate surface area is 152 Å². The van der Waals surface area contributed by atoms with E-state index in [9.17, 15) is 9.59 Å². The maximum atomic E-state index is 12.6. The number of nitrogens with zero attached hydrogens (tertiary/aromatic N) is 3. The Balaban J connectivity index is 1.77. The van der Waals surface area contributed by atoms with Crippen molar-refractivity contribution < 1.29 is 14.3 Å². The van der Waals surface area contributed by atoms with Crippen molar-refractivity contribution in [1.82, 2.24) is 9.88 Å². The van der Waals surface area contributed by atoms with Crippen molar-refractivity contribution >= 4 is 23.3 Å². The van der Waals surface area contributed by atoms with Gasteiger partial charge in [-0.3, -0.25) is 9.78 Å². The summed E-state index contributed by atoms with van der Waals surface area (Å²) in [4.78, 5) is 33.2. The second-order valence-electron chi connectivity index (χ2n) is 6.21. The van der Waals surface area contributed by atoms with Gasteiger partial charge in [0, 0.05) is 32.4 Å². The van der Waals surface area contributed by atoms with E-state index in [0.717, 1.165) is 31.9 Å². The van der Waals surface area contributed by atoms with Crippen LogP contribution < -0.4 is 10.2 Å². The van der Waals surface area contributed by atoms with Crippen molar-refractivity contribution in [2.24, 2.45) is 0 Å². The van der Waals surface area contributed by atoms with Crippen molar-refractivity contribution in [3.63, 3.8) is 0 Å². The minimum Gasteiger partial charge on any atom is -0.465 e. The number of ether oxygens (including phenoxy) is 1. The molecule has 7 heteroatoms. The van der Waals surface area contributed by atoms with Gasteiger partial charge in [0.1, 0.15) is 0 Å². The molecule has 2 aromatic rings. The molecule has 1 amide bonds. The molecule has 1 aliphatic heterocycles. The van der Waals surface area contributed by atoms with Crippen LogP contribution in [0.4, 0.5) is 11.4 Å². The lowest BCUT2D eigenvalue weighted by Crippen LogP contribution is -2.44. The van der Waals surface area contributed by atoms with Crippen LogP contribution >= 0.6 is 0 Å². The lowest BCUT2D eigenvalue weighted by atomic mass is 10.1. The second kappa shape index (κ2) is 7.97. The Kier molecular flexibility index (Phi) is 5.48. The summed E-state index contributed by atoms with van der Waals surface area (Å²) in [5, 5.41) is 2.77. The summed E-state index contributed by atoms with van der Waals surface area (Å²) in [6.07, 6.45) is 3.29. The highest BCUT2D eigenvalue weighted by molar-refractivity contribution is 6.08. The molecule has 1 aromatic carbocycles. The second-order valence-corrected chi connectivity index (χ2v) is 6.21. The lowest BCUT2D eigenvalue weighted by molar-refractivity contribution is 0.0602. The molecule has 7 nitrogen and oxygen atoms in total. The summed E-state index contributed by atoms with van der Waals surface area (Å²) in [6.45, 7) is 3.74. The Morgan fingerprint density at radius 1 is 1.12 bits per heavy atom. The maximum Gasteiger partial charge on any atom is 0.339 e. The molecular weight excluding hydrogens is 332 g/mol. The van der Waals surface area contributed by atoms with E-state index < -0.39 is 5.97 Å². The highest BCUT2D eigenvalue weighted by Gasteiger charge is 2.18. The molecule has 0 spiro atoms. The number of amides is 1. The van der Waals surface area contributed by atoms with Crippen molar-refractivity contribution in [2.45, 2.75) is 0 Å². The SMILES string of the molecule is COC(=O)c1ccccc1NC(=O)c1cncc(N2CCN(C)CC2)c1. The van der Waals surface area contributed by atoms with Crippen LogP contribution in [0.25, 0.3) is 0 Å². The molecule has 0 bridgehead atoms. The molecule has 1 aliphatic rings. The number of hydrogen-bond acceptors (Lipinski definition) is 6. The number of benzene rings is 1. The molecule has 26 heavy (non-hydrogen) atoms. The topological polar surface area (TPSA) is 74.8 Å². The molecule has 0 aliphatic carbocycles. The smallest absolute Gasteiger partial charge is 0.339 e. The fraction of sp³-hybridized carbons (Fsp3) is 0.316. The molecular formula is C19H22N4O3. The Bertz CT molecular complexity index is 801. The Morgan fingerprint density at radius 3 is 2.58 bits per heavy atom. The van der Waals surface area contributed by atoms with Gasteiger partial charge in [-0.1, -0.05) is 12.1 Å². The van der Waals surface area contributed by atoms with Crippen LogP contribution in [0.1, 0.15) is 20.7 Å². The minimum absolute atomic E-state index is 0.312. The number of para-hydroxylation sites is 1. The molecule has 0 unspecified atom stereocenters. The third kappa shape index (κ3) is 4.00. The maximum absolute atomic E-state index is 12.6. The van der Waals surface area contributed by atoms with E-state index >= 15 is 0 Å². The molecule has 1 aromatic heterocycles. The zero-order valence-corrected chi connectivity index (χ0v) is 14.9. The van der Waals surface area contributed by atoms with Crippen molar-refractivity contribution in [2.75, 3.05) is 50.6 Å². The number of anilines is 2. The summed E-state index contributed by atoms with van der Waals surface area (Å²) < 4.78 is 4.76. The third-order valence-corrected chi connectivity index (χ3v) is 4.43. The number of likely N-dealkylation sites (N-methyl/N-ethyl adjacent to an activating group) is 1. The first-order valence-electron chi connectivity index (χ1n) is 8.45. The highest BCUT2D eigenvalue weighted by atomic mass is 16.5. The molecule has 0 atom stereocenters. The van der Waals surface area contributed by atoms with Gasteiger partial charge in [-0.25, -0.2) is 4.79 Å². The summed E-state index contributed by atoms with van der Waals surface area (Å²) in [5.74, 6) is -0.810. The number of piperazine rings is 1. The number of carbonyl (C=O) groups excluding carboxylic acids is 2. The largest absolute Gasteiger partial charge is 0.465 e. The van der Waals surface area contributed by atoms with Crippen molar-refractivity contribution in [3.8, 4) is 0 Å². The average Bonchev–Trinajstić information content (AvgIpc) is 2.68. The average molecular weight is 354 g/mol. The van der Waals surface area contributed by atoms with E-state index in [2.05, 4.69) is 27.1 Å². The number of rotatable bonds is 4. The Morgan fingerprint density at radius 2 is 1.85 bits per heavy atom. The van der Waals surface area contributed by atoms with Crippen LogP contribution in [-0.4, -0.2) is 62.1 Å². The normalized spacial score (nSPS) is 14.8. The number of pyridine rings is 1. The van der Waals surface area contributed by atoms with Crippen molar-refractivity contribution in [1.29, 1.82) is 0 Å². The van der Waals surface area contributed by atoms with E-state index in [-0.39, 0.29) is 5.91 Å². The van der Waals surface area contributed by atoms with Gasteiger partial charge in [0.2, 0.25) is 0 Å². The van der Waals surface area contributed by atoms with Gasteiger partial charge in [0.25, 0.3) is 5.91 Å². The molecule has 136 valence electrons. The number of methoxy groups -OCH3 is 1. The zero-order valence-electron chi connectivity index (χ0n) is 14.9. The van der Waals surface area contributed by atoms with E-state index in [4.69, 9.17) is 4.74 Å². The van der Waals surface area contributed by atoms with Gasteiger partial charge in [0.15, 0.2) is 0 Å². The van der Waals surface area contributed by atoms with Crippen molar-refractivity contribution in [3.05, 3.63) is 53.9 Å². The molecule has 2 heterocycles. The van der Waals surface area contributed by atoms with Crippen LogP contribution in [0.2, 0.25) is 0 Å². The van der Waals surface area contributed by atoms with E-state index in [1.807, 2.05) is 6.07 Å². The number of aromatic nitrogens is 1. The van der Waals surface area contributed by atoms with Gasteiger partial charge >= 0.3 is 5.97 Å². The quantitative estimate of drug-likeness (QED) is 0.845. The summed E-state index contributed by atoms with van der Waals surface area (Å²) in [6, 6.07) is 8.58. The highest BCUT2D eigenvalue weighted by Crippen LogP contribution is 2.20. The predicted molar refractivity (Wildman–Crippen MR) is 99.7 cm³/mol. The predicted octanol–water partition coefficient (Wildman–Crippen LogP) is 1.87. The van der Waals surface area contributed by atoms with Crippen LogP contribution in [0.3, 0.4) is 0 Å². The molecule has 0 saturated carbocycles. The van der Waals surface area contributed by atoms with Gasteiger partial charge in [-0.05, 0) is 25.2 Å². The monoisotopic (exact) mass is 354 g/mol. The fourth-order valence-corrected chi connectivity index (χ4v) is 2.86. The first kappa shape index (κ1) is 17.9. The number of nitrogens with one attached hydrogen (secondary N) is 1. The third-order valence-electron chi connectivity index (χ3n) is 4.43. The van der Waals surface area contributed by atoms with Crippen LogP contribution in [0, 0.1) is 0 Å².